The molecule has 0 saturated heterocycles. The fourth-order valence-electron chi connectivity index (χ4n) is 3.17. The Morgan fingerprint density at radius 3 is 2.59 bits per heavy atom. The summed E-state index contributed by atoms with van der Waals surface area (Å²) >= 11 is 6.22. The van der Waals surface area contributed by atoms with E-state index in [0.717, 1.165) is 60.1 Å². The van der Waals surface area contributed by atoms with Gasteiger partial charge < -0.3 is 18.8 Å². The molecule has 0 N–H and O–H groups in total. The van der Waals surface area contributed by atoms with E-state index in [4.69, 9.17) is 30.8 Å². The van der Waals surface area contributed by atoms with E-state index < -0.39 is 0 Å². The van der Waals surface area contributed by atoms with Crippen LogP contribution in [0.1, 0.15) is 24.7 Å². The number of hydrogen-bond donors (Lipinski definition) is 0. The Balaban J connectivity index is 1.92. The van der Waals surface area contributed by atoms with Gasteiger partial charge in [-0.1, -0.05) is 17.7 Å². The van der Waals surface area contributed by atoms with Gasteiger partial charge in [0.2, 0.25) is 0 Å². The fourth-order valence-corrected chi connectivity index (χ4v) is 3.34. The molecule has 0 aliphatic carbocycles. The molecule has 0 aliphatic heterocycles. The van der Waals surface area contributed by atoms with Crippen LogP contribution >= 0.6 is 11.6 Å². The van der Waals surface area contributed by atoms with Crippen molar-refractivity contribution in [1.29, 1.82) is 0 Å². The third-order valence-corrected chi connectivity index (χ3v) is 4.71. The van der Waals surface area contributed by atoms with Crippen molar-refractivity contribution >= 4 is 22.6 Å². The molecule has 1 aromatic heterocycles. The van der Waals surface area contributed by atoms with Crippen LogP contribution in [0.15, 0.2) is 36.4 Å². The van der Waals surface area contributed by atoms with Gasteiger partial charge in [0.25, 0.3) is 0 Å². The van der Waals surface area contributed by atoms with Crippen molar-refractivity contribution in [1.82, 2.24) is 9.55 Å². The summed E-state index contributed by atoms with van der Waals surface area (Å²) in [6.45, 7) is 4.30. The molecular weight excluding hydrogens is 364 g/mol. The van der Waals surface area contributed by atoms with Gasteiger partial charge in [0.1, 0.15) is 5.82 Å². The summed E-state index contributed by atoms with van der Waals surface area (Å²) in [5.74, 6) is 2.44. The zero-order chi connectivity index (χ0) is 19.2. The van der Waals surface area contributed by atoms with E-state index in [1.807, 2.05) is 43.3 Å². The summed E-state index contributed by atoms with van der Waals surface area (Å²) in [5.41, 5.74) is 3.11. The molecule has 3 aromatic rings. The van der Waals surface area contributed by atoms with Crippen LogP contribution in [-0.2, 0) is 17.7 Å². The van der Waals surface area contributed by atoms with Crippen LogP contribution in [-0.4, -0.2) is 37.0 Å². The third-order valence-electron chi connectivity index (χ3n) is 4.47. The number of fused-ring (bicyclic) bond motifs is 1. The minimum absolute atomic E-state index is 0.696. The van der Waals surface area contributed by atoms with Crippen LogP contribution in [0.2, 0.25) is 5.02 Å². The van der Waals surface area contributed by atoms with Gasteiger partial charge in [-0.3, -0.25) is 0 Å². The zero-order valence-electron chi connectivity index (χ0n) is 16.0. The number of ether oxygens (including phenoxy) is 3. The first-order valence-corrected chi connectivity index (χ1v) is 9.47. The minimum atomic E-state index is 0.696. The van der Waals surface area contributed by atoms with E-state index >= 15 is 0 Å². The molecule has 0 spiro atoms. The minimum Gasteiger partial charge on any atom is -0.493 e. The van der Waals surface area contributed by atoms with Gasteiger partial charge in [-0.15, -0.1) is 0 Å². The smallest absolute Gasteiger partial charge is 0.161 e. The largest absolute Gasteiger partial charge is 0.493 e. The highest BCUT2D eigenvalue weighted by molar-refractivity contribution is 6.31. The highest BCUT2D eigenvalue weighted by atomic mass is 35.5. The van der Waals surface area contributed by atoms with E-state index in [-0.39, 0.29) is 0 Å². The zero-order valence-corrected chi connectivity index (χ0v) is 16.8. The summed E-state index contributed by atoms with van der Waals surface area (Å²) in [6.07, 6.45) is 1.62. The van der Waals surface area contributed by atoms with E-state index in [0.29, 0.717) is 11.4 Å². The van der Waals surface area contributed by atoms with Crippen molar-refractivity contribution in [2.45, 2.75) is 26.3 Å². The molecule has 27 heavy (non-hydrogen) atoms. The first kappa shape index (κ1) is 19.5. The Hall–Kier alpha value is -2.24. The van der Waals surface area contributed by atoms with E-state index in [2.05, 4.69) is 4.57 Å². The lowest BCUT2D eigenvalue weighted by Gasteiger charge is -2.12. The Kier molecular flexibility index (Phi) is 6.58. The standard InChI is InChI=1S/C21H25ClN2O3/c1-4-27-11-5-10-24-18-14-16(22)7-8-17(18)23-21(24)13-15-6-9-19(25-2)20(12-15)26-3/h6-9,12,14H,4-5,10-11,13H2,1-3H3. The van der Waals surface area contributed by atoms with Crippen molar-refractivity contribution < 1.29 is 14.2 Å². The molecule has 2 aromatic carbocycles. The maximum Gasteiger partial charge on any atom is 0.161 e. The van der Waals surface area contributed by atoms with Crippen molar-refractivity contribution in [2.24, 2.45) is 0 Å². The number of halogens is 1. The normalized spacial score (nSPS) is 11.1. The lowest BCUT2D eigenvalue weighted by atomic mass is 10.1. The van der Waals surface area contributed by atoms with Gasteiger partial charge >= 0.3 is 0 Å². The molecule has 0 atom stereocenters. The highest BCUT2D eigenvalue weighted by Gasteiger charge is 2.13. The first-order chi connectivity index (χ1) is 13.2. The lowest BCUT2D eigenvalue weighted by molar-refractivity contribution is 0.141. The number of rotatable bonds is 9. The molecule has 0 fully saturated rings. The predicted octanol–water partition coefficient (Wildman–Crippen LogP) is 4.72. The molecular formula is C21H25ClN2O3. The second-order valence-corrected chi connectivity index (χ2v) is 6.67. The molecule has 0 bridgehead atoms. The van der Waals surface area contributed by atoms with E-state index in [9.17, 15) is 0 Å². The Morgan fingerprint density at radius 2 is 1.85 bits per heavy atom. The molecule has 0 amide bonds. The summed E-state index contributed by atoms with van der Waals surface area (Å²) in [7, 11) is 3.28. The molecule has 0 radical (unpaired) electrons. The molecule has 144 valence electrons. The maximum atomic E-state index is 6.22. The number of hydrogen-bond acceptors (Lipinski definition) is 4. The molecule has 0 unspecified atom stereocenters. The fraction of sp³-hybridized carbons (Fsp3) is 0.381. The summed E-state index contributed by atoms with van der Waals surface area (Å²) < 4.78 is 18.5. The quantitative estimate of drug-likeness (QED) is 0.497. The number of aryl methyl sites for hydroxylation is 1. The Bertz CT molecular complexity index is 908. The van der Waals surface area contributed by atoms with Crippen molar-refractivity contribution in [3.8, 4) is 11.5 Å². The second-order valence-electron chi connectivity index (χ2n) is 6.23. The molecule has 3 rings (SSSR count). The van der Waals surface area contributed by atoms with Gasteiger partial charge in [-0.05, 0) is 49.2 Å². The molecule has 0 saturated carbocycles. The van der Waals surface area contributed by atoms with Gasteiger partial charge in [0, 0.05) is 31.2 Å². The predicted molar refractivity (Wildman–Crippen MR) is 108 cm³/mol. The monoisotopic (exact) mass is 388 g/mol. The number of imidazole rings is 1. The SMILES string of the molecule is CCOCCCn1c(Cc2ccc(OC)c(OC)c2)nc2ccc(Cl)cc21. The third kappa shape index (κ3) is 4.54. The number of methoxy groups -OCH3 is 2. The average molecular weight is 389 g/mol. The van der Waals surface area contributed by atoms with Crippen molar-refractivity contribution in [3.05, 3.63) is 52.8 Å². The van der Waals surface area contributed by atoms with E-state index in [1.54, 1.807) is 14.2 Å². The van der Waals surface area contributed by atoms with Crippen molar-refractivity contribution in [3.63, 3.8) is 0 Å². The topological polar surface area (TPSA) is 45.5 Å². The van der Waals surface area contributed by atoms with Crippen LogP contribution in [0.25, 0.3) is 11.0 Å². The molecule has 6 heteroatoms. The van der Waals surface area contributed by atoms with Crippen LogP contribution in [0, 0.1) is 0 Å². The summed E-state index contributed by atoms with van der Waals surface area (Å²) in [6, 6.07) is 11.8. The number of aromatic nitrogens is 2. The van der Waals surface area contributed by atoms with Crippen LogP contribution in [0.5, 0.6) is 11.5 Å². The van der Waals surface area contributed by atoms with Gasteiger partial charge in [0.15, 0.2) is 11.5 Å². The maximum absolute atomic E-state index is 6.22. The average Bonchev–Trinajstić information content (AvgIpc) is 3.01. The van der Waals surface area contributed by atoms with Gasteiger partial charge in [0.05, 0.1) is 25.3 Å². The summed E-state index contributed by atoms with van der Waals surface area (Å²) in [4.78, 5) is 4.84. The lowest BCUT2D eigenvalue weighted by Crippen LogP contribution is -2.07. The molecule has 0 aliphatic rings. The van der Waals surface area contributed by atoms with Gasteiger partial charge in [-0.2, -0.15) is 0 Å². The number of nitrogens with zero attached hydrogens (tertiary/aromatic N) is 2. The highest BCUT2D eigenvalue weighted by Crippen LogP contribution is 2.29. The Labute approximate surface area is 164 Å². The number of benzene rings is 2. The van der Waals surface area contributed by atoms with Gasteiger partial charge in [-0.25, -0.2) is 4.98 Å². The van der Waals surface area contributed by atoms with E-state index in [1.165, 1.54) is 0 Å². The molecule has 5 nitrogen and oxygen atoms in total. The second kappa shape index (κ2) is 9.11. The van der Waals surface area contributed by atoms with Crippen LogP contribution < -0.4 is 9.47 Å². The van der Waals surface area contributed by atoms with Crippen LogP contribution in [0.4, 0.5) is 0 Å². The van der Waals surface area contributed by atoms with Crippen molar-refractivity contribution in [2.75, 3.05) is 27.4 Å². The van der Waals surface area contributed by atoms with Crippen LogP contribution in [0.3, 0.4) is 0 Å². The summed E-state index contributed by atoms with van der Waals surface area (Å²) in [5, 5.41) is 0.714. The molecule has 1 heterocycles. The Morgan fingerprint density at radius 1 is 1.04 bits per heavy atom. The first-order valence-electron chi connectivity index (χ1n) is 9.09.